The summed E-state index contributed by atoms with van der Waals surface area (Å²) in [5, 5.41) is 5.21. The first kappa shape index (κ1) is 16.0. The van der Waals surface area contributed by atoms with Crippen molar-refractivity contribution >= 4 is 23.5 Å². The van der Waals surface area contributed by atoms with E-state index in [0.29, 0.717) is 18.7 Å². The lowest BCUT2D eigenvalue weighted by Crippen LogP contribution is -2.37. The van der Waals surface area contributed by atoms with Gasteiger partial charge in [-0.05, 0) is 43.0 Å². The molecule has 0 saturated carbocycles. The minimum atomic E-state index is -0.278. The molecule has 2 rings (SSSR count). The molecule has 1 aromatic rings. The van der Waals surface area contributed by atoms with Crippen LogP contribution in [0.5, 0.6) is 0 Å². The topological polar surface area (TPSA) is 78.5 Å². The number of hydrogen-bond donors (Lipinski definition) is 2. The fraction of sp³-hybridized carbons (Fsp3) is 0.438. The van der Waals surface area contributed by atoms with Gasteiger partial charge in [-0.2, -0.15) is 0 Å². The van der Waals surface area contributed by atoms with E-state index in [1.807, 2.05) is 12.1 Å². The Hall–Kier alpha value is -2.37. The number of imide groups is 1. The molecule has 0 saturated heterocycles. The zero-order valence-electron chi connectivity index (χ0n) is 13.1. The molecule has 0 aromatic heterocycles. The lowest BCUT2D eigenvalue weighted by molar-refractivity contribution is -0.144. The molecular formula is C16H21N3O3. The Labute approximate surface area is 129 Å². The van der Waals surface area contributed by atoms with Gasteiger partial charge in [0.15, 0.2) is 0 Å². The number of rotatable bonds is 3. The average Bonchev–Trinajstić information content (AvgIpc) is 2.90. The Morgan fingerprint density at radius 2 is 2.05 bits per heavy atom. The van der Waals surface area contributed by atoms with E-state index in [4.69, 9.17) is 0 Å². The number of fused-ring (bicyclic) bond motifs is 1. The molecule has 0 heterocycles. The predicted octanol–water partition coefficient (Wildman–Crippen LogP) is 1.86. The van der Waals surface area contributed by atoms with Crippen molar-refractivity contribution in [2.75, 3.05) is 18.9 Å². The van der Waals surface area contributed by atoms with Crippen LogP contribution >= 0.6 is 0 Å². The summed E-state index contributed by atoms with van der Waals surface area (Å²) in [4.78, 5) is 36.7. The van der Waals surface area contributed by atoms with E-state index >= 15 is 0 Å². The van der Waals surface area contributed by atoms with Gasteiger partial charge in [0.25, 0.3) is 0 Å². The highest BCUT2D eigenvalue weighted by Gasteiger charge is 2.32. The van der Waals surface area contributed by atoms with Crippen LogP contribution in [0.4, 0.5) is 10.5 Å². The lowest BCUT2D eigenvalue weighted by atomic mass is 9.99. The van der Waals surface area contributed by atoms with E-state index in [1.54, 1.807) is 20.0 Å². The fourth-order valence-corrected chi connectivity index (χ4v) is 2.87. The zero-order chi connectivity index (χ0) is 16.3. The molecular weight excluding hydrogens is 282 g/mol. The van der Waals surface area contributed by atoms with Gasteiger partial charge in [-0.15, -0.1) is 0 Å². The van der Waals surface area contributed by atoms with Gasteiger partial charge in [-0.25, -0.2) is 4.79 Å². The van der Waals surface area contributed by atoms with Crippen LogP contribution in [-0.2, 0) is 16.0 Å². The zero-order valence-corrected chi connectivity index (χ0v) is 13.1. The summed E-state index contributed by atoms with van der Waals surface area (Å²) in [6.07, 6.45) is 1.46. The van der Waals surface area contributed by atoms with Gasteiger partial charge in [0.1, 0.15) is 0 Å². The molecule has 6 heteroatoms. The van der Waals surface area contributed by atoms with Gasteiger partial charge in [0.05, 0.1) is 5.92 Å². The van der Waals surface area contributed by atoms with Crippen LogP contribution in [0.15, 0.2) is 18.2 Å². The molecule has 1 atom stereocenters. The van der Waals surface area contributed by atoms with E-state index < -0.39 is 0 Å². The third-order valence-electron chi connectivity index (χ3n) is 3.97. The van der Waals surface area contributed by atoms with E-state index in [0.717, 1.165) is 17.5 Å². The van der Waals surface area contributed by atoms with Gasteiger partial charge < -0.3 is 10.6 Å². The van der Waals surface area contributed by atoms with Crippen LogP contribution in [0.1, 0.15) is 37.3 Å². The van der Waals surface area contributed by atoms with Gasteiger partial charge in [0, 0.05) is 26.2 Å². The Morgan fingerprint density at radius 1 is 1.32 bits per heavy atom. The first-order valence-electron chi connectivity index (χ1n) is 7.41. The van der Waals surface area contributed by atoms with Crippen LogP contribution in [0.2, 0.25) is 0 Å². The molecule has 0 aliphatic heterocycles. The van der Waals surface area contributed by atoms with Crippen molar-refractivity contribution in [2.24, 2.45) is 0 Å². The summed E-state index contributed by atoms with van der Waals surface area (Å²) in [5.74, 6) is -0.632. The first-order chi connectivity index (χ1) is 10.5. The second kappa shape index (κ2) is 6.60. The lowest BCUT2D eigenvalue weighted by Gasteiger charge is -2.21. The van der Waals surface area contributed by atoms with Crippen LogP contribution < -0.4 is 10.6 Å². The molecule has 1 aliphatic carbocycles. The normalized spacial score (nSPS) is 15.9. The Morgan fingerprint density at radius 3 is 2.64 bits per heavy atom. The second-order valence-corrected chi connectivity index (χ2v) is 5.31. The molecule has 118 valence electrons. The summed E-state index contributed by atoms with van der Waals surface area (Å²) in [7, 11) is 1.55. The average molecular weight is 303 g/mol. The number of nitrogens with one attached hydrogen (secondary N) is 2. The quantitative estimate of drug-likeness (QED) is 0.894. The third kappa shape index (κ3) is 3.10. The van der Waals surface area contributed by atoms with Crippen molar-refractivity contribution in [3.63, 3.8) is 0 Å². The number of nitrogens with zero attached hydrogens (tertiary/aromatic N) is 1. The SMILES string of the molecule is CCN(C(C)=O)C(=O)C1CCc2cc(NC(=O)NC)ccc21. The van der Waals surface area contributed by atoms with Crippen LogP contribution in [0.25, 0.3) is 0 Å². The van der Waals surface area contributed by atoms with Crippen molar-refractivity contribution in [3.8, 4) is 0 Å². The van der Waals surface area contributed by atoms with Crippen molar-refractivity contribution in [2.45, 2.75) is 32.6 Å². The number of benzene rings is 1. The van der Waals surface area contributed by atoms with Gasteiger partial charge in [-0.1, -0.05) is 6.07 Å². The fourth-order valence-electron chi connectivity index (χ4n) is 2.87. The molecule has 0 spiro atoms. The summed E-state index contributed by atoms with van der Waals surface area (Å²) in [6.45, 7) is 3.59. The number of likely N-dealkylation sites (N-methyl/N-ethyl adjacent to an activating group) is 1. The molecule has 6 nitrogen and oxygen atoms in total. The number of amides is 4. The van der Waals surface area contributed by atoms with Crippen molar-refractivity contribution < 1.29 is 14.4 Å². The van der Waals surface area contributed by atoms with Crippen molar-refractivity contribution in [1.82, 2.24) is 10.2 Å². The predicted molar refractivity (Wildman–Crippen MR) is 83.7 cm³/mol. The molecule has 1 aliphatic rings. The molecule has 22 heavy (non-hydrogen) atoms. The van der Waals surface area contributed by atoms with Crippen LogP contribution in [0, 0.1) is 0 Å². The first-order valence-corrected chi connectivity index (χ1v) is 7.41. The van der Waals surface area contributed by atoms with E-state index in [2.05, 4.69) is 10.6 Å². The molecule has 0 bridgehead atoms. The van der Waals surface area contributed by atoms with Gasteiger partial charge >= 0.3 is 6.03 Å². The largest absolute Gasteiger partial charge is 0.341 e. The maximum Gasteiger partial charge on any atom is 0.318 e. The minimum absolute atomic E-state index is 0.138. The highest BCUT2D eigenvalue weighted by Crippen LogP contribution is 2.36. The molecule has 4 amide bonds. The monoisotopic (exact) mass is 303 g/mol. The number of carbonyl (C=O) groups is 3. The Kier molecular flexibility index (Phi) is 4.80. The number of hydrogen-bond acceptors (Lipinski definition) is 3. The van der Waals surface area contributed by atoms with Gasteiger partial charge in [-0.3, -0.25) is 14.5 Å². The molecule has 0 radical (unpaired) electrons. The van der Waals surface area contributed by atoms with Crippen LogP contribution in [-0.4, -0.2) is 36.3 Å². The second-order valence-electron chi connectivity index (χ2n) is 5.31. The van der Waals surface area contributed by atoms with E-state index in [1.165, 1.54) is 11.8 Å². The summed E-state index contributed by atoms with van der Waals surface area (Å²) in [5.41, 5.74) is 2.70. The highest BCUT2D eigenvalue weighted by atomic mass is 16.2. The van der Waals surface area contributed by atoms with Crippen molar-refractivity contribution in [3.05, 3.63) is 29.3 Å². The number of aryl methyl sites for hydroxylation is 1. The number of anilines is 1. The van der Waals surface area contributed by atoms with Crippen LogP contribution in [0.3, 0.4) is 0 Å². The van der Waals surface area contributed by atoms with E-state index in [9.17, 15) is 14.4 Å². The number of urea groups is 1. The standard InChI is InChI=1S/C16H21N3O3/c1-4-19(10(2)20)15(21)14-7-5-11-9-12(6-8-13(11)14)18-16(22)17-3/h6,8-9,14H,4-5,7H2,1-3H3,(H2,17,18,22). The Balaban J connectivity index is 2.21. The number of carbonyl (C=O) groups excluding carboxylic acids is 3. The Bertz CT molecular complexity index is 613. The molecule has 2 N–H and O–H groups in total. The molecule has 1 aromatic carbocycles. The molecule has 1 unspecified atom stereocenters. The smallest absolute Gasteiger partial charge is 0.318 e. The molecule has 0 fully saturated rings. The summed E-state index contributed by atoms with van der Waals surface area (Å²) < 4.78 is 0. The highest BCUT2D eigenvalue weighted by molar-refractivity contribution is 5.98. The minimum Gasteiger partial charge on any atom is -0.341 e. The maximum absolute atomic E-state index is 12.5. The summed E-state index contributed by atoms with van der Waals surface area (Å²) in [6, 6.07) is 5.26. The summed E-state index contributed by atoms with van der Waals surface area (Å²) >= 11 is 0. The maximum atomic E-state index is 12.5. The third-order valence-corrected chi connectivity index (χ3v) is 3.97. The van der Waals surface area contributed by atoms with Gasteiger partial charge in [0.2, 0.25) is 11.8 Å². The van der Waals surface area contributed by atoms with Crippen molar-refractivity contribution in [1.29, 1.82) is 0 Å². The van der Waals surface area contributed by atoms with E-state index in [-0.39, 0.29) is 23.8 Å².